The predicted molar refractivity (Wildman–Crippen MR) is 43.8 cm³/mol. The topological polar surface area (TPSA) is 21.7 Å². The second-order valence-electron chi connectivity index (χ2n) is 4.28. The summed E-state index contributed by atoms with van der Waals surface area (Å²) in [5.74, 6) is 0.738. The Bertz CT molecular complexity index is 205. The van der Waals surface area contributed by atoms with Crippen molar-refractivity contribution < 1.29 is 9.47 Å². The fraction of sp³-hybridized carbons (Fsp3) is 1.00. The fourth-order valence-corrected chi connectivity index (χ4v) is 2.87. The van der Waals surface area contributed by atoms with Crippen molar-refractivity contribution in [3.05, 3.63) is 0 Å². The maximum absolute atomic E-state index is 5.88. The molecule has 0 aromatic rings. The Hall–Kier alpha value is -0.120. The number of hydrogen-bond acceptors (Lipinski definition) is 3. The first kappa shape index (κ1) is 7.30. The molecular formula is C9H15NO2. The molecule has 0 aliphatic carbocycles. The summed E-state index contributed by atoms with van der Waals surface area (Å²) in [5.41, 5.74) is 0.0810. The summed E-state index contributed by atoms with van der Waals surface area (Å²) >= 11 is 0. The quantitative estimate of drug-likeness (QED) is 0.525. The average Bonchev–Trinajstić information content (AvgIpc) is 2.67. The SMILES string of the molecule is C[C@@H]1OC[C@@]2(CN3CC[C@@H]2C3)O1. The number of piperidine rings is 1. The van der Waals surface area contributed by atoms with Crippen molar-refractivity contribution in [2.75, 3.05) is 26.2 Å². The molecule has 3 nitrogen and oxygen atoms in total. The Morgan fingerprint density at radius 3 is 2.92 bits per heavy atom. The van der Waals surface area contributed by atoms with E-state index in [1.807, 2.05) is 6.92 Å². The molecule has 3 heterocycles. The summed E-state index contributed by atoms with van der Waals surface area (Å²) in [6.45, 7) is 6.41. The highest BCUT2D eigenvalue weighted by Crippen LogP contribution is 2.42. The minimum absolute atomic E-state index is 0.0190. The maximum atomic E-state index is 5.88. The number of rotatable bonds is 0. The van der Waals surface area contributed by atoms with Gasteiger partial charge in [-0.05, 0) is 19.9 Å². The molecule has 12 heavy (non-hydrogen) atoms. The molecule has 3 aliphatic rings. The van der Waals surface area contributed by atoms with Gasteiger partial charge in [0.1, 0.15) is 5.60 Å². The molecule has 4 atom stereocenters. The molecule has 0 amide bonds. The summed E-state index contributed by atoms with van der Waals surface area (Å²) in [7, 11) is 0. The van der Waals surface area contributed by atoms with Gasteiger partial charge >= 0.3 is 0 Å². The van der Waals surface area contributed by atoms with Crippen LogP contribution in [0.15, 0.2) is 0 Å². The van der Waals surface area contributed by atoms with Crippen molar-refractivity contribution in [2.24, 2.45) is 5.92 Å². The monoisotopic (exact) mass is 169 g/mol. The van der Waals surface area contributed by atoms with Crippen LogP contribution in [0.1, 0.15) is 13.3 Å². The van der Waals surface area contributed by atoms with Crippen LogP contribution in [0.25, 0.3) is 0 Å². The second kappa shape index (κ2) is 2.22. The van der Waals surface area contributed by atoms with E-state index < -0.39 is 0 Å². The molecule has 68 valence electrons. The molecule has 3 aliphatic heterocycles. The minimum Gasteiger partial charge on any atom is -0.350 e. The first-order valence-electron chi connectivity index (χ1n) is 4.80. The molecule has 2 bridgehead atoms. The Morgan fingerprint density at radius 1 is 1.50 bits per heavy atom. The first-order chi connectivity index (χ1) is 5.78. The first-order valence-corrected chi connectivity index (χ1v) is 4.80. The average molecular weight is 169 g/mol. The van der Waals surface area contributed by atoms with Gasteiger partial charge in [0.2, 0.25) is 0 Å². The van der Waals surface area contributed by atoms with Gasteiger partial charge in [0, 0.05) is 19.0 Å². The van der Waals surface area contributed by atoms with Crippen LogP contribution < -0.4 is 0 Å². The van der Waals surface area contributed by atoms with Gasteiger partial charge in [-0.1, -0.05) is 0 Å². The van der Waals surface area contributed by atoms with Crippen molar-refractivity contribution in [2.45, 2.75) is 25.2 Å². The third-order valence-electron chi connectivity index (χ3n) is 3.47. The van der Waals surface area contributed by atoms with Crippen molar-refractivity contribution in [3.63, 3.8) is 0 Å². The molecular weight excluding hydrogens is 154 g/mol. The highest BCUT2D eigenvalue weighted by atomic mass is 16.7. The number of fused-ring (bicyclic) bond motifs is 3. The predicted octanol–water partition coefficient (Wildman–Crippen LogP) is 0.453. The normalized spacial score (nSPS) is 57.2. The number of nitrogens with zero attached hydrogens (tertiary/aromatic N) is 1. The largest absolute Gasteiger partial charge is 0.350 e. The molecule has 0 radical (unpaired) electrons. The Labute approximate surface area is 72.6 Å². The van der Waals surface area contributed by atoms with E-state index in [9.17, 15) is 0 Å². The number of ether oxygens (including phenoxy) is 2. The van der Waals surface area contributed by atoms with Crippen molar-refractivity contribution in [1.29, 1.82) is 0 Å². The summed E-state index contributed by atoms with van der Waals surface area (Å²) < 4.78 is 11.4. The van der Waals surface area contributed by atoms with E-state index in [1.165, 1.54) is 19.5 Å². The van der Waals surface area contributed by atoms with E-state index in [4.69, 9.17) is 9.47 Å². The lowest BCUT2D eigenvalue weighted by Gasteiger charge is -2.31. The zero-order chi connectivity index (χ0) is 8.18. The van der Waals surface area contributed by atoms with Gasteiger partial charge in [0.05, 0.1) is 6.61 Å². The van der Waals surface area contributed by atoms with Crippen LogP contribution in [0.2, 0.25) is 0 Å². The van der Waals surface area contributed by atoms with E-state index in [-0.39, 0.29) is 11.9 Å². The smallest absolute Gasteiger partial charge is 0.155 e. The van der Waals surface area contributed by atoms with E-state index in [1.54, 1.807) is 0 Å². The Balaban J connectivity index is 1.84. The van der Waals surface area contributed by atoms with Crippen LogP contribution in [0.3, 0.4) is 0 Å². The lowest BCUT2D eigenvalue weighted by Crippen LogP contribution is -2.44. The van der Waals surface area contributed by atoms with Gasteiger partial charge in [-0.2, -0.15) is 0 Å². The molecule has 1 unspecified atom stereocenters. The Morgan fingerprint density at radius 2 is 2.42 bits per heavy atom. The van der Waals surface area contributed by atoms with E-state index >= 15 is 0 Å². The van der Waals surface area contributed by atoms with Crippen LogP contribution in [-0.4, -0.2) is 43.0 Å². The fourth-order valence-electron chi connectivity index (χ4n) is 2.87. The number of hydrogen-bond donors (Lipinski definition) is 0. The molecule has 3 rings (SSSR count). The zero-order valence-electron chi connectivity index (χ0n) is 7.45. The summed E-state index contributed by atoms with van der Waals surface area (Å²) in [4.78, 5) is 2.49. The van der Waals surface area contributed by atoms with E-state index in [0.717, 1.165) is 19.1 Å². The van der Waals surface area contributed by atoms with Gasteiger partial charge in [-0.25, -0.2) is 0 Å². The molecule has 0 saturated carbocycles. The Kier molecular flexibility index (Phi) is 1.35. The minimum atomic E-state index is 0.0190. The molecule has 3 fully saturated rings. The lowest BCUT2D eigenvalue weighted by atomic mass is 9.88. The highest BCUT2D eigenvalue weighted by molar-refractivity contribution is 5.05. The summed E-state index contributed by atoms with van der Waals surface area (Å²) in [6, 6.07) is 0. The van der Waals surface area contributed by atoms with Crippen LogP contribution in [-0.2, 0) is 9.47 Å². The maximum Gasteiger partial charge on any atom is 0.155 e. The van der Waals surface area contributed by atoms with Crippen LogP contribution in [0, 0.1) is 5.92 Å². The van der Waals surface area contributed by atoms with Crippen LogP contribution in [0.4, 0.5) is 0 Å². The summed E-state index contributed by atoms with van der Waals surface area (Å²) in [6.07, 6.45) is 1.32. The second-order valence-corrected chi connectivity index (χ2v) is 4.28. The van der Waals surface area contributed by atoms with Gasteiger partial charge in [-0.3, -0.25) is 4.90 Å². The van der Waals surface area contributed by atoms with Crippen LogP contribution >= 0.6 is 0 Å². The van der Waals surface area contributed by atoms with Crippen molar-refractivity contribution >= 4 is 0 Å². The molecule has 0 aromatic carbocycles. The van der Waals surface area contributed by atoms with E-state index in [2.05, 4.69) is 4.90 Å². The molecule has 0 aromatic heterocycles. The van der Waals surface area contributed by atoms with E-state index in [0.29, 0.717) is 0 Å². The summed E-state index contributed by atoms with van der Waals surface area (Å²) in [5, 5.41) is 0. The molecule has 3 heteroatoms. The molecule has 1 spiro atoms. The standard InChI is InChI=1S/C9H15NO2/c1-7-11-6-9(12-7)5-10-3-2-8(9)4-10/h7-8H,2-6H2,1H3/t7-,8-,9-/m1/s1. The van der Waals surface area contributed by atoms with Crippen molar-refractivity contribution in [1.82, 2.24) is 4.90 Å². The third kappa shape index (κ3) is 0.817. The van der Waals surface area contributed by atoms with Gasteiger partial charge in [-0.15, -0.1) is 0 Å². The van der Waals surface area contributed by atoms with Gasteiger partial charge in [0.15, 0.2) is 6.29 Å². The van der Waals surface area contributed by atoms with Crippen molar-refractivity contribution in [3.8, 4) is 0 Å². The third-order valence-corrected chi connectivity index (χ3v) is 3.47. The zero-order valence-corrected chi connectivity index (χ0v) is 7.45. The molecule has 3 saturated heterocycles. The van der Waals surface area contributed by atoms with Gasteiger partial charge in [0.25, 0.3) is 0 Å². The van der Waals surface area contributed by atoms with Crippen LogP contribution in [0.5, 0.6) is 0 Å². The lowest BCUT2D eigenvalue weighted by molar-refractivity contribution is -0.0916. The molecule has 0 N–H and O–H groups in total. The van der Waals surface area contributed by atoms with Gasteiger partial charge < -0.3 is 9.47 Å². The highest BCUT2D eigenvalue weighted by Gasteiger charge is 2.54.